The minimum atomic E-state index is -0.399. The molecule has 58 heavy (non-hydrogen) atoms. The Morgan fingerprint density at radius 3 is 0.759 bits per heavy atom. The van der Waals surface area contributed by atoms with Gasteiger partial charge in [0.1, 0.15) is 0 Å². The maximum Gasteiger partial charge on any atom is 0.343 e. The molecule has 4 aromatic heterocycles. The molecule has 0 fully saturated rings. The second-order valence-corrected chi connectivity index (χ2v) is 15.2. The van der Waals surface area contributed by atoms with E-state index in [1.165, 1.54) is 0 Å². The van der Waals surface area contributed by atoms with Crippen molar-refractivity contribution >= 4 is 87.2 Å². The Labute approximate surface area is 326 Å². The van der Waals surface area contributed by atoms with Gasteiger partial charge in [-0.15, -0.1) is 0 Å². The molecule has 6 bridgehead atoms. The minimum Gasteiger partial charge on any atom is -0.247 e. The molecule has 0 unspecified atom stereocenters. The van der Waals surface area contributed by atoms with E-state index in [0.29, 0.717) is 45.9 Å². The molecule has 0 spiro atoms. The van der Waals surface area contributed by atoms with Crippen molar-refractivity contribution in [3.8, 4) is 45.6 Å². The number of fused-ring (bicyclic) bond motifs is 20. The zero-order valence-corrected chi connectivity index (χ0v) is 30.3. The lowest BCUT2D eigenvalue weighted by atomic mass is 10.0. The first kappa shape index (κ1) is 30.1. The molecule has 9 heteroatoms. The summed E-state index contributed by atoms with van der Waals surface area (Å²) >= 11 is 0. The maximum atomic E-state index is 16.0. The topological polar surface area (TPSA) is 103 Å². The highest BCUT2D eigenvalue weighted by atomic mass is 16.1. The molecule has 266 valence electrons. The average molecular weight is 741 g/mol. The van der Waals surface area contributed by atoms with E-state index in [1.807, 2.05) is 48.5 Å². The standard InChI is InChI=1S/C49H24N8O/c58-49-56-45-37-21-29-13-5-6-14-30(29)22-38(37)47(56)54-43-35-19-27-11-3-4-12-28(27)20-36(35)44(51-43)55-48-40-24-32-16-8-7-15-31(32)23-39(40)46(57(48)49)53-42-34-18-26-10-2-1-9-25(26)17-33(34)41(50-42)52-45/h1-24H. The number of benzene rings is 8. The number of hydrogen-bond acceptors (Lipinski definition) is 7. The molecule has 0 atom stereocenters. The van der Waals surface area contributed by atoms with Crippen LogP contribution in [0, 0.1) is 0 Å². The molecule has 12 aromatic rings. The predicted octanol–water partition coefficient (Wildman–Crippen LogP) is 10.4. The molecule has 6 heterocycles. The fourth-order valence-electron chi connectivity index (χ4n) is 9.21. The van der Waals surface area contributed by atoms with Crippen molar-refractivity contribution in [2.75, 3.05) is 0 Å². The van der Waals surface area contributed by atoms with Gasteiger partial charge in [-0.1, -0.05) is 97.1 Å². The van der Waals surface area contributed by atoms with Crippen LogP contribution < -0.4 is 5.69 Å². The summed E-state index contributed by atoms with van der Waals surface area (Å²) in [6.07, 6.45) is 0. The Morgan fingerprint density at radius 2 is 0.517 bits per heavy atom. The summed E-state index contributed by atoms with van der Waals surface area (Å²) < 4.78 is 3.25. The molecule has 0 saturated carbocycles. The Balaban J connectivity index is 1.31. The average Bonchev–Trinajstić information content (AvgIpc) is 3.95. The lowest BCUT2D eigenvalue weighted by molar-refractivity contribution is 0.963. The fraction of sp³-hybridized carbons (Fsp3) is 0. The van der Waals surface area contributed by atoms with Gasteiger partial charge >= 0.3 is 5.69 Å². The molecule has 14 rings (SSSR count). The van der Waals surface area contributed by atoms with Crippen molar-refractivity contribution in [1.82, 2.24) is 38.7 Å². The number of rotatable bonds is 0. The maximum absolute atomic E-state index is 16.0. The molecule has 0 radical (unpaired) electrons. The van der Waals surface area contributed by atoms with Gasteiger partial charge in [0.2, 0.25) is 0 Å². The summed E-state index contributed by atoms with van der Waals surface area (Å²) in [6, 6.07) is 49.8. The molecule has 2 aliphatic heterocycles. The molecule has 0 saturated heterocycles. The Kier molecular flexibility index (Phi) is 5.48. The SMILES string of the molecule is O=c1n2c3nc4nc(nc5c6cc7ccccc7cc6c(nc6nc(nc2c2cc7ccccc7cc23)-c2cc3ccccc3cc2-6)n15)-c1cc2ccccc2cc1-4. The van der Waals surface area contributed by atoms with E-state index in [-0.39, 0.29) is 0 Å². The Bertz CT molecular complexity index is 3570. The zero-order chi connectivity index (χ0) is 37.8. The van der Waals surface area contributed by atoms with E-state index in [1.54, 1.807) is 8.80 Å². The van der Waals surface area contributed by atoms with Gasteiger partial charge in [0.15, 0.2) is 45.9 Å². The second-order valence-electron chi connectivity index (χ2n) is 15.2. The van der Waals surface area contributed by atoms with Crippen molar-refractivity contribution in [2.45, 2.75) is 0 Å². The van der Waals surface area contributed by atoms with Crippen LogP contribution in [0.1, 0.15) is 0 Å². The first-order valence-corrected chi connectivity index (χ1v) is 19.2. The number of aromatic nitrogens is 8. The molecular formula is C49H24N8O. The van der Waals surface area contributed by atoms with E-state index in [2.05, 4.69) is 97.1 Å². The van der Waals surface area contributed by atoms with Crippen molar-refractivity contribution in [3.05, 3.63) is 156 Å². The zero-order valence-electron chi connectivity index (χ0n) is 30.3. The van der Waals surface area contributed by atoms with Crippen LogP contribution in [0.3, 0.4) is 0 Å². The first-order valence-electron chi connectivity index (χ1n) is 19.2. The lowest BCUT2D eigenvalue weighted by Gasteiger charge is -2.03. The van der Waals surface area contributed by atoms with Crippen molar-refractivity contribution < 1.29 is 0 Å². The molecule has 2 aliphatic rings. The largest absolute Gasteiger partial charge is 0.343 e. The second kappa shape index (κ2) is 10.6. The van der Waals surface area contributed by atoms with Crippen LogP contribution in [-0.4, -0.2) is 38.7 Å². The summed E-state index contributed by atoms with van der Waals surface area (Å²) in [5.41, 5.74) is 4.66. The van der Waals surface area contributed by atoms with Gasteiger partial charge in [-0.2, -0.15) is 0 Å². The van der Waals surface area contributed by atoms with Crippen LogP contribution in [0.25, 0.3) is 133 Å². The predicted molar refractivity (Wildman–Crippen MR) is 230 cm³/mol. The van der Waals surface area contributed by atoms with Crippen LogP contribution in [0.2, 0.25) is 0 Å². The van der Waals surface area contributed by atoms with E-state index < -0.39 is 5.69 Å². The normalized spacial score (nSPS) is 12.6. The van der Waals surface area contributed by atoms with Gasteiger partial charge in [-0.25, -0.2) is 43.5 Å². The first-order chi connectivity index (χ1) is 28.6. The Hall–Kier alpha value is -8.17. The van der Waals surface area contributed by atoms with E-state index in [9.17, 15) is 0 Å². The Morgan fingerprint density at radius 1 is 0.293 bits per heavy atom. The third-order valence-electron chi connectivity index (χ3n) is 12.0. The fourth-order valence-corrected chi connectivity index (χ4v) is 9.21. The van der Waals surface area contributed by atoms with E-state index >= 15 is 4.79 Å². The van der Waals surface area contributed by atoms with E-state index in [4.69, 9.17) is 29.9 Å². The number of nitrogens with zero attached hydrogens (tertiary/aromatic N) is 8. The quantitative estimate of drug-likeness (QED) is 0.152. The van der Waals surface area contributed by atoms with Gasteiger partial charge in [-0.3, -0.25) is 0 Å². The third kappa shape index (κ3) is 3.91. The summed E-state index contributed by atoms with van der Waals surface area (Å²) in [5.74, 6) is 1.91. The molecular weight excluding hydrogens is 717 g/mol. The summed E-state index contributed by atoms with van der Waals surface area (Å²) in [7, 11) is 0. The molecule has 0 amide bonds. The summed E-state index contributed by atoms with van der Waals surface area (Å²) in [6.45, 7) is 0. The monoisotopic (exact) mass is 740 g/mol. The van der Waals surface area contributed by atoms with Crippen LogP contribution >= 0.6 is 0 Å². The van der Waals surface area contributed by atoms with Crippen molar-refractivity contribution in [2.24, 2.45) is 0 Å². The third-order valence-corrected chi connectivity index (χ3v) is 12.0. The summed E-state index contributed by atoms with van der Waals surface area (Å²) in [5, 5.41) is 11.4. The van der Waals surface area contributed by atoms with Gasteiger partial charge in [0.05, 0.1) is 0 Å². The van der Waals surface area contributed by atoms with Crippen LogP contribution in [0.4, 0.5) is 0 Å². The number of hydrogen-bond donors (Lipinski definition) is 0. The smallest absolute Gasteiger partial charge is 0.247 e. The highest BCUT2D eigenvalue weighted by molar-refractivity contribution is 6.14. The van der Waals surface area contributed by atoms with Gasteiger partial charge < -0.3 is 0 Å². The molecule has 8 aromatic carbocycles. The highest BCUT2D eigenvalue weighted by Crippen LogP contribution is 2.41. The lowest BCUT2D eigenvalue weighted by Crippen LogP contribution is -2.20. The van der Waals surface area contributed by atoms with Crippen molar-refractivity contribution in [3.63, 3.8) is 0 Å². The van der Waals surface area contributed by atoms with Crippen LogP contribution in [-0.2, 0) is 0 Å². The highest BCUT2D eigenvalue weighted by Gasteiger charge is 2.27. The van der Waals surface area contributed by atoms with Gasteiger partial charge in [-0.05, 0) is 91.6 Å². The molecule has 0 aliphatic carbocycles. The van der Waals surface area contributed by atoms with Crippen LogP contribution in [0.15, 0.2) is 150 Å². The van der Waals surface area contributed by atoms with E-state index in [0.717, 1.165) is 86.9 Å². The van der Waals surface area contributed by atoms with Gasteiger partial charge in [0.25, 0.3) is 0 Å². The van der Waals surface area contributed by atoms with Gasteiger partial charge in [0, 0.05) is 43.8 Å². The van der Waals surface area contributed by atoms with Crippen molar-refractivity contribution in [1.29, 1.82) is 0 Å². The minimum absolute atomic E-state index is 0.399. The van der Waals surface area contributed by atoms with Crippen LogP contribution in [0.5, 0.6) is 0 Å². The molecule has 0 N–H and O–H groups in total. The molecule has 9 nitrogen and oxygen atoms in total. The summed E-state index contributed by atoms with van der Waals surface area (Å²) in [4.78, 5) is 47.7.